The first kappa shape index (κ1) is 18.7. The standard InChI is InChI=1S/C20H28N2O4/c1-15(2)17(18(23)26-12-16-6-4-3-5-7-16)21-10-8-20(13-21)9-11-22(14-20)19(24)25/h3-7,15,17H,8-14H2,1-2H3,(H,24,25)/t17-,20?/m0/s1. The average Bonchev–Trinajstić information content (AvgIpc) is 3.21. The number of rotatable bonds is 5. The van der Waals surface area contributed by atoms with E-state index in [1.165, 1.54) is 4.90 Å². The molecule has 26 heavy (non-hydrogen) atoms. The normalized spacial score (nSPS) is 24.3. The molecule has 2 aliphatic rings. The van der Waals surface area contributed by atoms with E-state index in [0.717, 1.165) is 31.5 Å². The molecule has 3 rings (SSSR count). The number of carbonyl (C=O) groups is 2. The molecule has 0 saturated carbocycles. The maximum Gasteiger partial charge on any atom is 0.407 e. The minimum atomic E-state index is -0.844. The van der Waals surface area contributed by atoms with Crippen molar-refractivity contribution in [2.75, 3.05) is 26.2 Å². The molecular formula is C20H28N2O4. The molecule has 1 spiro atoms. The lowest BCUT2D eigenvalue weighted by Crippen LogP contribution is -2.45. The summed E-state index contributed by atoms with van der Waals surface area (Å²) < 4.78 is 5.59. The molecule has 1 aromatic carbocycles. The molecule has 1 aromatic rings. The molecule has 0 bridgehead atoms. The van der Waals surface area contributed by atoms with Gasteiger partial charge in [-0.05, 0) is 30.9 Å². The SMILES string of the molecule is CC(C)[C@@H](C(=O)OCc1ccccc1)N1CCC2(CCN(C(=O)O)C2)C1. The van der Waals surface area contributed by atoms with E-state index in [1.54, 1.807) is 0 Å². The number of likely N-dealkylation sites (tertiary alicyclic amines) is 2. The Morgan fingerprint density at radius 1 is 1.15 bits per heavy atom. The van der Waals surface area contributed by atoms with E-state index in [4.69, 9.17) is 4.74 Å². The molecule has 2 aliphatic heterocycles. The Bertz CT molecular complexity index is 648. The number of carboxylic acid groups (broad SMARTS) is 1. The van der Waals surface area contributed by atoms with Gasteiger partial charge in [0.2, 0.25) is 0 Å². The summed E-state index contributed by atoms with van der Waals surface area (Å²) in [5.41, 5.74) is 0.972. The summed E-state index contributed by atoms with van der Waals surface area (Å²) in [6, 6.07) is 9.41. The van der Waals surface area contributed by atoms with Gasteiger partial charge < -0.3 is 14.7 Å². The minimum Gasteiger partial charge on any atom is -0.465 e. The first-order valence-electron chi connectivity index (χ1n) is 9.33. The van der Waals surface area contributed by atoms with Crippen LogP contribution in [0.1, 0.15) is 32.3 Å². The molecule has 6 heteroatoms. The molecule has 2 saturated heterocycles. The second-order valence-corrected chi connectivity index (χ2v) is 7.96. The van der Waals surface area contributed by atoms with Gasteiger partial charge in [0, 0.05) is 25.0 Å². The van der Waals surface area contributed by atoms with Gasteiger partial charge in [-0.1, -0.05) is 44.2 Å². The lowest BCUT2D eigenvalue weighted by atomic mass is 9.86. The molecule has 1 unspecified atom stereocenters. The summed E-state index contributed by atoms with van der Waals surface area (Å²) in [5, 5.41) is 9.22. The maximum atomic E-state index is 12.8. The molecule has 1 N–H and O–H groups in total. The van der Waals surface area contributed by atoms with E-state index in [1.807, 2.05) is 44.2 Å². The highest BCUT2D eigenvalue weighted by molar-refractivity contribution is 5.76. The molecule has 6 nitrogen and oxygen atoms in total. The van der Waals surface area contributed by atoms with Crippen LogP contribution in [-0.4, -0.2) is 59.2 Å². The van der Waals surface area contributed by atoms with Crippen molar-refractivity contribution < 1.29 is 19.4 Å². The topological polar surface area (TPSA) is 70.1 Å². The predicted octanol–water partition coefficient (Wildman–Crippen LogP) is 2.83. The monoisotopic (exact) mass is 360 g/mol. The highest BCUT2D eigenvalue weighted by Crippen LogP contribution is 2.41. The van der Waals surface area contributed by atoms with Crippen molar-refractivity contribution in [3.63, 3.8) is 0 Å². The summed E-state index contributed by atoms with van der Waals surface area (Å²) >= 11 is 0. The number of carbonyl (C=O) groups excluding carboxylic acids is 1. The second-order valence-electron chi connectivity index (χ2n) is 7.96. The van der Waals surface area contributed by atoms with Crippen LogP contribution in [0.3, 0.4) is 0 Å². The molecule has 0 radical (unpaired) electrons. The van der Waals surface area contributed by atoms with E-state index < -0.39 is 6.09 Å². The van der Waals surface area contributed by atoms with Gasteiger partial charge in [-0.2, -0.15) is 0 Å². The van der Waals surface area contributed by atoms with Gasteiger partial charge in [0.1, 0.15) is 12.6 Å². The number of amides is 1. The van der Waals surface area contributed by atoms with Gasteiger partial charge in [-0.15, -0.1) is 0 Å². The van der Waals surface area contributed by atoms with Crippen LogP contribution in [0.5, 0.6) is 0 Å². The third-order valence-electron chi connectivity index (χ3n) is 5.67. The summed E-state index contributed by atoms with van der Waals surface area (Å²) in [6.07, 6.45) is 0.967. The van der Waals surface area contributed by atoms with Crippen molar-refractivity contribution in [1.29, 1.82) is 0 Å². The van der Waals surface area contributed by atoms with Crippen molar-refractivity contribution in [2.24, 2.45) is 11.3 Å². The van der Waals surface area contributed by atoms with Crippen LogP contribution in [0, 0.1) is 11.3 Å². The molecule has 2 heterocycles. The Kier molecular flexibility index (Phi) is 5.51. The lowest BCUT2D eigenvalue weighted by molar-refractivity contribution is -0.153. The van der Waals surface area contributed by atoms with Crippen molar-refractivity contribution in [3.05, 3.63) is 35.9 Å². The van der Waals surface area contributed by atoms with Crippen LogP contribution in [0.15, 0.2) is 30.3 Å². The smallest absolute Gasteiger partial charge is 0.407 e. The first-order valence-corrected chi connectivity index (χ1v) is 9.33. The van der Waals surface area contributed by atoms with Crippen LogP contribution in [0.25, 0.3) is 0 Å². The average molecular weight is 360 g/mol. The predicted molar refractivity (Wildman–Crippen MR) is 97.7 cm³/mol. The van der Waals surface area contributed by atoms with Crippen molar-refractivity contribution in [3.8, 4) is 0 Å². The number of hydrogen-bond donors (Lipinski definition) is 1. The number of benzene rings is 1. The van der Waals surface area contributed by atoms with Gasteiger partial charge in [0.25, 0.3) is 0 Å². The summed E-state index contributed by atoms with van der Waals surface area (Å²) in [5.74, 6) is -0.0422. The number of nitrogens with zero attached hydrogens (tertiary/aromatic N) is 2. The third-order valence-corrected chi connectivity index (χ3v) is 5.67. The van der Waals surface area contributed by atoms with Gasteiger partial charge in [-0.3, -0.25) is 9.69 Å². The van der Waals surface area contributed by atoms with E-state index in [9.17, 15) is 14.7 Å². The molecular weight excluding hydrogens is 332 g/mol. The van der Waals surface area contributed by atoms with Crippen LogP contribution in [0.2, 0.25) is 0 Å². The van der Waals surface area contributed by atoms with Crippen molar-refractivity contribution in [2.45, 2.75) is 39.3 Å². The number of esters is 1. The third kappa shape index (κ3) is 4.01. The fourth-order valence-electron chi connectivity index (χ4n) is 4.30. The van der Waals surface area contributed by atoms with E-state index in [2.05, 4.69) is 4.90 Å². The Morgan fingerprint density at radius 3 is 2.46 bits per heavy atom. The number of ether oxygens (including phenoxy) is 1. The van der Waals surface area contributed by atoms with Crippen LogP contribution in [-0.2, 0) is 16.1 Å². The Morgan fingerprint density at radius 2 is 1.85 bits per heavy atom. The van der Waals surface area contributed by atoms with E-state index >= 15 is 0 Å². The minimum absolute atomic E-state index is 0.00869. The molecule has 2 fully saturated rings. The zero-order chi connectivity index (χ0) is 18.7. The zero-order valence-electron chi connectivity index (χ0n) is 15.6. The molecule has 0 aromatic heterocycles. The quantitative estimate of drug-likeness (QED) is 0.818. The molecule has 142 valence electrons. The summed E-state index contributed by atoms with van der Waals surface area (Å²) in [7, 11) is 0. The van der Waals surface area contributed by atoms with E-state index in [-0.39, 0.29) is 30.0 Å². The Labute approximate surface area is 154 Å². The number of hydrogen-bond acceptors (Lipinski definition) is 4. The fourth-order valence-corrected chi connectivity index (χ4v) is 4.30. The van der Waals surface area contributed by atoms with Gasteiger partial charge >= 0.3 is 12.1 Å². The lowest BCUT2D eigenvalue weighted by Gasteiger charge is -2.31. The Hall–Kier alpha value is -2.08. The largest absolute Gasteiger partial charge is 0.465 e. The summed E-state index contributed by atoms with van der Waals surface area (Å²) in [4.78, 5) is 27.7. The molecule has 0 aliphatic carbocycles. The maximum absolute atomic E-state index is 12.8. The molecule has 2 atom stereocenters. The van der Waals surface area contributed by atoms with Gasteiger partial charge in [0.05, 0.1) is 0 Å². The van der Waals surface area contributed by atoms with E-state index in [0.29, 0.717) is 13.1 Å². The first-order chi connectivity index (χ1) is 12.4. The second kappa shape index (κ2) is 7.66. The van der Waals surface area contributed by atoms with Crippen molar-refractivity contribution in [1.82, 2.24) is 9.80 Å². The fraction of sp³-hybridized carbons (Fsp3) is 0.600. The van der Waals surface area contributed by atoms with Crippen molar-refractivity contribution >= 4 is 12.1 Å². The van der Waals surface area contributed by atoms with Crippen LogP contribution in [0.4, 0.5) is 4.79 Å². The van der Waals surface area contributed by atoms with Gasteiger partial charge in [-0.25, -0.2) is 4.79 Å². The zero-order valence-corrected chi connectivity index (χ0v) is 15.6. The van der Waals surface area contributed by atoms with Crippen LogP contribution < -0.4 is 0 Å². The Balaban J connectivity index is 1.61. The van der Waals surface area contributed by atoms with Crippen LogP contribution >= 0.6 is 0 Å². The highest BCUT2D eigenvalue weighted by atomic mass is 16.5. The molecule has 1 amide bonds. The summed E-state index contributed by atoms with van der Waals surface area (Å²) in [6.45, 7) is 7.11. The highest BCUT2D eigenvalue weighted by Gasteiger charge is 2.47. The van der Waals surface area contributed by atoms with Gasteiger partial charge in [0.15, 0.2) is 0 Å².